The van der Waals surface area contributed by atoms with Crippen LogP contribution in [0.15, 0.2) is 83.8 Å². The highest BCUT2D eigenvalue weighted by atomic mass is 35.5. The average Bonchev–Trinajstić information content (AvgIpc) is 2.74. The number of halogens is 1. The number of hydrogen-bond donors (Lipinski definition) is 2. The molecule has 0 aliphatic carbocycles. The summed E-state index contributed by atoms with van der Waals surface area (Å²) in [5, 5.41) is 5.63. The first-order valence-corrected chi connectivity index (χ1v) is 11.2. The molecule has 1 aliphatic rings. The lowest BCUT2D eigenvalue weighted by molar-refractivity contribution is -0.122. The Labute approximate surface area is 184 Å². The summed E-state index contributed by atoms with van der Waals surface area (Å²) in [4.78, 5) is 25.5. The van der Waals surface area contributed by atoms with Crippen molar-refractivity contribution in [1.29, 1.82) is 0 Å². The number of carbonyl (C=O) groups is 2. The highest BCUT2D eigenvalue weighted by Crippen LogP contribution is 2.37. The molecule has 0 spiro atoms. The van der Waals surface area contributed by atoms with Gasteiger partial charge in [-0.1, -0.05) is 48.0 Å². The second-order valence-electron chi connectivity index (χ2n) is 6.90. The molecule has 3 aromatic rings. The van der Waals surface area contributed by atoms with Crippen molar-refractivity contribution in [2.45, 2.75) is 17.4 Å². The van der Waals surface area contributed by atoms with Gasteiger partial charge in [0.1, 0.15) is 6.04 Å². The molecule has 3 aromatic carbocycles. The number of nitrogens with zero attached hydrogens (tertiary/aromatic N) is 1. The maximum atomic E-state index is 13.6. The summed E-state index contributed by atoms with van der Waals surface area (Å²) in [5.41, 5.74) is 1.17. The van der Waals surface area contributed by atoms with Crippen molar-refractivity contribution in [2.75, 3.05) is 14.9 Å². The maximum Gasteiger partial charge on any atom is 0.265 e. The van der Waals surface area contributed by atoms with Crippen LogP contribution in [0.2, 0.25) is 5.02 Å². The van der Waals surface area contributed by atoms with Crippen molar-refractivity contribution >= 4 is 50.5 Å². The lowest BCUT2D eigenvalue weighted by Gasteiger charge is -2.36. The topological polar surface area (TPSA) is 95.6 Å². The fraction of sp³-hybridized carbons (Fsp3) is 0.0909. The zero-order valence-electron chi connectivity index (χ0n) is 16.2. The van der Waals surface area contributed by atoms with Crippen LogP contribution in [-0.4, -0.2) is 26.3 Å². The third-order valence-electron chi connectivity index (χ3n) is 4.77. The van der Waals surface area contributed by atoms with Crippen LogP contribution in [0.4, 0.5) is 17.1 Å². The van der Waals surface area contributed by atoms with E-state index in [-0.39, 0.29) is 22.0 Å². The second-order valence-corrected chi connectivity index (χ2v) is 9.15. The molecule has 0 aromatic heterocycles. The molecule has 0 saturated heterocycles. The van der Waals surface area contributed by atoms with Crippen LogP contribution in [0.5, 0.6) is 0 Å². The Kier molecular flexibility index (Phi) is 5.67. The first-order valence-electron chi connectivity index (χ1n) is 9.41. The number of hydrogen-bond acceptors (Lipinski definition) is 4. The third kappa shape index (κ3) is 4.26. The molecule has 158 valence electrons. The lowest BCUT2D eigenvalue weighted by Crippen LogP contribution is -2.52. The molecule has 0 radical (unpaired) electrons. The third-order valence-corrected chi connectivity index (χ3v) is 6.83. The largest absolute Gasteiger partial charge is 0.326 e. The van der Waals surface area contributed by atoms with Gasteiger partial charge in [-0.3, -0.25) is 13.9 Å². The van der Waals surface area contributed by atoms with Crippen molar-refractivity contribution in [3.8, 4) is 0 Å². The summed E-state index contributed by atoms with van der Waals surface area (Å²) in [6, 6.07) is 19.8. The van der Waals surface area contributed by atoms with Gasteiger partial charge >= 0.3 is 0 Å². The summed E-state index contributed by atoms with van der Waals surface area (Å²) in [6.07, 6.45) is -0.366. The van der Waals surface area contributed by atoms with Gasteiger partial charge in [0, 0.05) is 10.7 Å². The van der Waals surface area contributed by atoms with E-state index >= 15 is 0 Å². The Balaban J connectivity index is 1.74. The predicted octanol–water partition coefficient (Wildman–Crippen LogP) is 3.88. The van der Waals surface area contributed by atoms with Crippen molar-refractivity contribution < 1.29 is 18.0 Å². The van der Waals surface area contributed by atoms with Crippen molar-refractivity contribution in [3.63, 3.8) is 0 Å². The number of carbonyl (C=O) groups excluding carboxylic acids is 2. The second kappa shape index (κ2) is 8.41. The van der Waals surface area contributed by atoms with E-state index in [4.69, 9.17) is 11.6 Å². The molecule has 1 atom stereocenters. The standard InChI is InChI=1S/C22H18ClN3O4S/c23-15-7-6-10-17(13-15)31(29,30)26-19-12-5-4-11-18(19)25-22(28)20(26)14-21(27)24-16-8-2-1-3-9-16/h1-13,20H,14H2,(H,24,27)(H,25,28)/t20-/m0/s1. The molecule has 1 heterocycles. The molecule has 7 nitrogen and oxygen atoms in total. The number of amides is 2. The molecule has 4 rings (SSSR count). The normalized spacial score (nSPS) is 15.7. The number of anilines is 3. The smallest absolute Gasteiger partial charge is 0.265 e. The van der Waals surface area contributed by atoms with Gasteiger partial charge in [0.05, 0.1) is 22.7 Å². The van der Waals surface area contributed by atoms with E-state index in [0.717, 1.165) is 4.31 Å². The zero-order chi connectivity index (χ0) is 22.0. The molecule has 0 bridgehead atoms. The fourth-order valence-electron chi connectivity index (χ4n) is 3.38. The van der Waals surface area contributed by atoms with E-state index in [1.807, 2.05) is 0 Å². The minimum atomic E-state index is -4.19. The van der Waals surface area contributed by atoms with Crippen LogP contribution in [0.1, 0.15) is 6.42 Å². The minimum Gasteiger partial charge on any atom is -0.326 e. The van der Waals surface area contributed by atoms with E-state index in [1.165, 1.54) is 18.2 Å². The van der Waals surface area contributed by atoms with Gasteiger partial charge in [0.25, 0.3) is 10.0 Å². The van der Waals surface area contributed by atoms with Crippen molar-refractivity contribution in [2.24, 2.45) is 0 Å². The minimum absolute atomic E-state index is 0.0713. The Bertz CT molecular complexity index is 1250. The quantitative estimate of drug-likeness (QED) is 0.610. The molecule has 2 N–H and O–H groups in total. The van der Waals surface area contributed by atoms with Crippen LogP contribution in [0.3, 0.4) is 0 Å². The van der Waals surface area contributed by atoms with E-state index in [0.29, 0.717) is 11.4 Å². The highest BCUT2D eigenvalue weighted by Gasteiger charge is 2.42. The monoisotopic (exact) mass is 455 g/mol. The Morgan fingerprint density at radius 1 is 1.00 bits per heavy atom. The van der Waals surface area contributed by atoms with Crippen LogP contribution < -0.4 is 14.9 Å². The lowest BCUT2D eigenvalue weighted by atomic mass is 10.1. The summed E-state index contributed by atoms with van der Waals surface area (Å²) >= 11 is 6.00. The average molecular weight is 456 g/mol. The van der Waals surface area contributed by atoms with E-state index < -0.39 is 27.9 Å². The van der Waals surface area contributed by atoms with Crippen LogP contribution in [0, 0.1) is 0 Å². The molecule has 0 fully saturated rings. The zero-order valence-corrected chi connectivity index (χ0v) is 17.7. The Morgan fingerprint density at radius 3 is 2.45 bits per heavy atom. The van der Waals surface area contributed by atoms with Crippen LogP contribution >= 0.6 is 11.6 Å². The van der Waals surface area contributed by atoms with Gasteiger partial charge in [-0.05, 0) is 42.5 Å². The van der Waals surface area contributed by atoms with Gasteiger partial charge in [-0.2, -0.15) is 0 Å². The Morgan fingerprint density at radius 2 is 1.71 bits per heavy atom. The summed E-state index contributed by atoms with van der Waals surface area (Å²) in [5.74, 6) is -1.08. The molecular weight excluding hydrogens is 438 g/mol. The molecule has 9 heteroatoms. The van der Waals surface area contributed by atoms with Crippen molar-refractivity contribution in [3.05, 3.63) is 83.9 Å². The van der Waals surface area contributed by atoms with Crippen LogP contribution in [0.25, 0.3) is 0 Å². The van der Waals surface area contributed by atoms with Crippen molar-refractivity contribution in [1.82, 2.24) is 0 Å². The molecule has 2 amide bonds. The predicted molar refractivity (Wildman–Crippen MR) is 120 cm³/mol. The van der Waals surface area contributed by atoms with Gasteiger partial charge in [0.15, 0.2) is 0 Å². The number of sulfonamides is 1. The molecule has 1 aliphatic heterocycles. The number of rotatable bonds is 5. The Hall–Kier alpha value is -3.36. The highest BCUT2D eigenvalue weighted by molar-refractivity contribution is 7.93. The number of para-hydroxylation sites is 3. The SMILES string of the molecule is O=C(C[C@H]1C(=O)Nc2ccccc2N1S(=O)(=O)c1cccc(Cl)c1)Nc1ccccc1. The van der Waals surface area contributed by atoms with E-state index in [9.17, 15) is 18.0 Å². The number of nitrogens with one attached hydrogen (secondary N) is 2. The number of fused-ring (bicyclic) bond motifs is 1. The van der Waals surface area contributed by atoms with Gasteiger partial charge in [-0.25, -0.2) is 8.42 Å². The fourth-order valence-corrected chi connectivity index (χ4v) is 5.32. The van der Waals surface area contributed by atoms with Gasteiger partial charge in [-0.15, -0.1) is 0 Å². The van der Waals surface area contributed by atoms with Gasteiger partial charge in [0.2, 0.25) is 11.8 Å². The maximum absolute atomic E-state index is 13.6. The first-order chi connectivity index (χ1) is 14.9. The van der Waals surface area contributed by atoms with Gasteiger partial charge < -0.3 is 10.6 Å². The molecule has 31 heavy (non-hydrogen) atoms. The van der Waals surface area contributed by atoms with E-state index in [1.54, 1.807) is 60.7 Å². The summed E-state index contributed by atoms with van der Waals surface area (Å²) in [7, 11) is -4.19. The summed E-state index contributed by atoms with van der Waals surface area (Å²) in [6.45, 7) is 0. The van der Waals surface area contributed by atoms with E-state index in [2.05, 4.69) is 10.6 Å². The van der Waals surface area contributed by atoms with Crippen LogP contribution in [-0.2, 0) is 19.6 Å². The number of benzene rings is 3. The molecular formula is C22H18ClN3O4S. The molecule has 0 saturated carbocycles. The first kappa shape index (κ1) is 20.9. The summed E-state index contributed by atoms with van der Waals surface area (Å²) < 4.78 is 28.1. The molecule has 0 unspecified atom stereocenters.